The monoisotopic (exact) mass is 353 g/mol. The van der Waals surface area contributed by atoms with Crippen LogP contribution in [-0.4, -0.2) is 31.3 Å². The van der Waals surface area contributed by atoms with Crippen molar-refractivity contribution in [2.75, 3.05) is 35.2 Å². The Kier molecular flexibility index (Phi) is 6.78. The Hall–Kier alpha value is -2.82. The lowest BCUT2D eigenvalue weighted by Gasteiger charge is -2.22. The minimum Gasteiger partial charge on any atom is -0.376 e. The zero-order valence-corrected chi connectivity index (χ0v) is 15.9. The van der Waals surface area contributed by atoms with Gasteiger partial charge in [0, 0.05) is 35.7 Å². The minimum atomic E-state index is -0.132. The van der Waals surface area contributed by atoms with Crippen LogP contribution in [0.4, 0.5) is 17.1 Å². The number of aryl methyl sites for hydroxylation is 1. The van der Waals surface area contributed by atoms with Crippen molar-refractivity contribution >= 4 is 28.8 Å². The molecule has 5 nitrogen and oxygen atoms in total. The summed E-state index contributed by atoms with van der Waals surface area (Å²) in [6, 6.07) is 13.1. The Balaban J connectivity index is 1.93. The topological polar surface area (TPSA) is 61.4 Å². The average molecular weight is 353 g/mol. The van der Waals surface area contributed by atoms with Crippen LogP contribution >= 0.6 is 0 Å². The molecule has 0 aliphatic carbocycles. The number of carbonyl (C=O) groups excluding carboxylic acids is 2. The molecule has 0 aliphatic rings. The highest BCUT2D eigenvalue weighted by Crippen LogP contribution is 2.22. The molecule has 138 valence electrons. The summed E-state index contributed by atoms with van der Waals surface area (Å²) in [5.41, 5.74) is 4.55. The third-order valence-corrected chi connectivity index (χ3v) is 4.35. The Labute approximate surface area is 155 Å². The summed E-state index contributed by atoms with van der Waals surface area (Å²) in [5.74, 6) is -0.124. The summed E-state index contributed by atoms with van der Waals surface area (Å²) in [6.45, 7) is 9.94. The Morgan fingerprint density at radius 3 is 2.19 bits per heavy atom. The van der Waals surface area contributed by atoms with E-state index in [9.17, 15) is 9.59 Å². The highest BCUT2D eigenvalue weighted by atomic mass is 16.2. The molecule has 2 N–H and O–H groups in total. The number of carbonyl (C=O) groups is 2. The molecule has 0 bridgehead atoms. The van der Waals surface area contributed by atoms with Gasteiger partial charge in [0.1, 0.15) is 0 Å². The van der Waals surface area contributed by atoms with Crippen molar-refractivity contribution < 1.29 is 9.59 Å². The van der Waals surface area contributed by atoms with Gasteiger partial charge in [-0.05, 0) is 75.7 Å². The second kappa shape index (κ2) is 9.04. The lowest BCUT2D eigenvalue weighted by atomic mass is 10.1. The normalized spacial score (nSPS) is 10.3. The summed E-state index contributed by atoms with van der Waals surface area (Å²) in [7, 11) is 0. The first-order valence-corrected chi connectivity index (χ1v) is 8.95. The van der Waals surface area contributed by atoms with Crippen LogP contribution < -0.4 is 15.5 Å². The Morgan fingerprint density at radius 2 is 1.65 bits per heavy atom. The molecule has 0 aromatic heterocycles. The number of anilines is 3. The first-order chi connectivity index (χ1) is 12.4. The van der Waals surface area contributed by atoms with E-state index in [4.69, 9.17) is 0 Å². The van der Waals surface area contributed by atoms with Gasteiger partial charge < -0.3 is 15.5 Å². The van der Waals surface area contributed by atoms with Gasteiger partial charge in [-0.1, -0.05) is 0 Å². The van der Waals surface area contributed by atoms with Crippen LogP contribution in [0.15, 0.2) is 42.5 Å². The third kappa shape index (κ3) is 5.09. The van der Waals surface area contributed by atoms with E-state index in [0.29, 0.717) is 11.3 Å². The average Bonchev–Trinajstić information content (AvgIpc) is 2.62. The van der Waals surface area contributed by atoms with Crippen molar-refractivity contribution in [1.29, 1.82) is 0 Å². The molecule has 0 aliphatic heterocycles. The Morgan fingerprint density at radius 1 is 1.00 bits per heavy atom. The lowest BCUT2D eigenvalue weighted by molar-refractivity contribution is -0.114. The molecule has 2 rings (SSSR count). The summed E-state index contributed by atoms with van der Waals surface area (Å²) < 4.78 is 0. The van der Waals surface area contributed by atoms with Crippen molar-refractivity contribution in [1.82, 2.24) is 0 Å². The number of benzene rings is 2. The first-order valence-electron chi connectivity index (χ1n) is 8.95. The number of hydrogen-bond donors (Lipinski definition) is 2. The van der Waals surface area contributed by atoms with Crippen LogP contribution in [0.5, 0.6) is 0 Å². The van der Waals surface area contributed by atoms with Gasteiger partial charge in [-0.15, -0.1) is 0 Å². The van der Waals surface area contributed by atoms with Gasteiger partial charge in [0.2, 0.25) is 5.91 Å². The quantitative estimate of drug-likeness (QED) is 0.702. The van der Waals surface area contributed by atoms with E-state index in [1.54, 1.807) is 24.3 Å². The van der Waals surface area contributed by atoms with Gasteiger partial charge >= 0.3 is 0 Å². The molecule has 0 fully saturated rings. The lowest BCUT2D eigenvalue weighted by Crippen LogP contribution is -2.23. The molecule has 26 heavy (non-hydrogen) atoms. The highest BCUT2D eigenvalue weighted by molar-refractivity contribution is 5.96. The van der Waals surface area contributed by atoms with E-state index in [2.05, 4.69) is 41.5 Å². The maximum Gasteiger partial charge on any atom is 0.243 e. The van der Waals surface area contributed by atoms with Crippen LogP contribution in [-0.2, 0) is 4.79 Å². The molecule has 0 heterocycles. The summed E-state index contributed by atoms with van der Waals surface area (Å²) in [6.07, 6.45) is 0. The molecule has 2 aromatic carbocycles. The highest BCUT2D eigenvalue weighted by Gasteiger charge is 2.07. The van der Waals surface area contributed by atoms with E-state index >= 15 is 0 Å². The van der Waals surface area contributed by atoms with Gasteiger partial charge in [0.05, 0.1) is 6.54 Å². The van der Waals surface area contributed by atoms with Crippen molar-refractivity contribution in [3.63, 3.8) is 0 Å². The SMILES string of the molecule is CCN(CC)c1ccc(NCC(=O)Nc2ccc(C(C)=O)cc2)c(C)c1. The van der Waals surface area contributed by atoms with E-state index < -0.39 is 0 Å². The molecule has 5 heteroatoms. The fraction of sp³-hybridized carbons (Fsp3) is 0.333. The molecule has 0 atom stereocenters. The standard InChI is InChI=1S/C21H27N3O2/c1-5-24(6-2)19-11-12-20(15(3)13-19)22-14-21(26)23-18-9-7-17(8-10-18)16(4)25/h7-13,22H,5-6,14H2,1-4H3,(H,23,26). The number of rotatable bonds is 8. The number of nitrogens with zero attached hydrogens (tertiary/aromatic N) is 1. The zero-order valence-electron chi connectivity index (χ0n) is 15.9. The van der Waals surface area contributed by atoms with Gasteiger partial charge in [-0.2, -0.15) is 0 Å². The molecule has 0 saturated heterocycles. The summed E-state index contributed by atoms with van der Waals surface area (Å²) in [5, 5.41) is 6.00. The summed E-state index contributed by atoms with van der Waals surface area (Å²) >= 11 is 0. The molecular weight excluding hydrogens is 326 g/mol. The largest absolute Gasteiger partial charge is 0.376 e. The number of ketones is 1. The van der Waals surface area contributed by atoms with Crippen molar-refractivity contribution in [2.24, 2.45) is 0 Å². The molecule has 0 unspecified atom stereocenters. The third-order valence-electron chi connectivity index (χ3n) is 4.35. The Bertz CT molecular complexity index is 765. The zero-order chi connectivity index (χ0) is 19.1. The van der Waals surface area contributed by atoms with Crippen LogP contribution in [0.3, 0.4) is 0 Å². The number of nitrogens with one attached hydrogen (secondary N) is 2. The van der Waals surface area contributed by atoms with E-state index in [-0.39, 0.29) is 18.2 Å². The number of amides is 1. The maximum atomic E-state index is 12.1. The maximum absolute atomic E-state index is 12.1. The fourth-order valence-corrected chi connectivity index (χ4v) is 2.80. The van der Waals surface area contributed by atoms with Crippen LogP contribution in [0.2, 0.25) is 0 Å². The predicted molar refractivity (Wildman–Crippen MR) is 108 cm³/mol. The number of hydrogen-bond acceptors (Lipinski definition) is 4. The summed E-state index contributed by atoms with van der Waals surface area (Å²) in [4.78, 5) is 25.7. The molecular formula is C21H27N3O2. The van der Waals surface area contributed by atoms with Crippen LogP contribution in [0.25, 0.3) is 0 Å². The van der Waals surface area contributed by atoms with E-state index in [1.165, 1.54) is 12.6 Å². The smallest absolute Gasteiger partial charge is 0.243 e. The van der Waals surface area contributed by atoms with Crippen molar-refractivity contribution in [2.45, 2.75) is 27.7 Å². The molecule has 0 saturated carbocycles. The first kappa shape index (κ1) is 19.5. The predicted octanol–water partition coefficient (Wildman–Crippen LogP) is 4.09. The van der Waals surface area contributed by atoms with E-state index in [1.807, 2.05) is 13.0 Å². The van der Waals surface area contributed by atoms with E-state index in [0.717, 1.165) is 24.3 Å². The van der Waals surface area contributed by atoms with Crippen molar-refractivity contribution in [3.8, 4) is 0 Å². The van der Waals surface area contributed by atoms with Gasteiger partial charge in [0.25, 0.3) is 0 Å². The molecule has 0 spiro atoms. The number of Topliss-reactive ketones (excluding diaryl/α,β-unsaturated/α-hetero) is 1. The van der Waals surface area contributed by atoms with Gasteiger partial charge in [0.15, 0.2) is 5.78 Å². The second-order valence-electron chi connectivity index (χ2n) is 6.21. The van der Waals surface area contributed by atoms with Gasteiger partial charge in [-0.3, -0.25) is 9.59 Å². The minimum absolute atomic E-state index is 0.00757. The van der Waals surface area contributed by atoms with Gasteiger partial charge in [-0.25, -0.2) is 0 Å². The fourth-order valence-electron chi connectivity index (χ4n) is 2.80. The van der Waals surface area contributed by atoms with Crippen molar-refractivity contribution in [3.05, 3.63) is 53.6 Å². The van der Waals surface area contributed by atoms with Crippen LogP contribution in [0.1, 0.15) is 36.7 Å². The van der Waals surface area contributed by atoms with Crippen LogP contribution in [0, 0.1) is 6.92 Å². The molecule has 1 amide bonds. The second-order valence-corrected chi connectivity index (χ2v) is 6.21. The molecule has 0 radical (unpaired) electrons. The molecule has 2 aromatic rings.